The molecule has 1 aliphatic heterocycles. The molecule has 2 fully saturated rings. The molecule has 1 atom stereocenters. The van der Waals surface area contributed by atoms with E-state index in [1.54, 1.807) is 24.0 Å². The van der Waals surface area contributed by atoms with Gasteiger partial charge in [0.2, 0.25) is 15.9 Å². The average Bonchev–Trinajstić information content (AvgIpc) is 3.53. The molecule has 0 bridgehead atoms. The Kier molecular flexibility index (Phi) is 5.99. The van der Waals surface area contributed by atoms with Crippen LogP contribution in [0.3, 0.4) is 0 Å². The number of hydrogen-bond donors (Lipinski definition) is 0. The highest BCUT2D eigenvalue weighted by Crippen LogP contribution is 2.32. The lowest BCUT2D eigenvalue weighted by atomic mass is 10.1. The average molecular weight is 487 g/mol. The Hall–Kier alpha value is -2.69. The largest absolute Gasteiger partial charge is 0.477 e. The zero-order chi connectivity index (χ0) is 24.0. The summed E-state index contributed by atoms with van der Waals surface area (Å²) in [4.78, 5) is 19.4. The van der Waals surface area contributed by atoms with Gasteiger partial charge in [-0.3, -0.25) is 9.69 Å². The van der Waals surface area contributed by atoms with Gasteiger partial charge in [-0.25, -0.2) is 13.4 Å². The molecule has 3 aromatic heterocycles. The molecule has 182 valence electrons. The monoisotopic (exact) mass is 486 g/mol. The van der Waals surface area contributed by atoms with Gasteiger partial charge in [-0.2, -0.15) is 4.31 Å². The Bertz CT molecular complexity index is 1380. The van der Waals surface area contributed by atoms with Crippen molar-refractivity contribution in [2.45, 2.75) is 32.4 Å². The second-order valence-corrected chi connectivity index (χ2v) is 11.5. The number of furan rings is 1. The summed E-state index contributed by atoms with van der Waals surface area (Å²) in [6.45, 7) is 4.66. The van der Waals surface area contributed by atoms with Gasteiger partial charge in [0, 0.05) is 56.7 Å². The maximum atomic E-state index is 12.9. The van der Waals surface area contributed by atoms with Crippen molar-refractivity contribution in [3.05, 3.63) is 46.7 Å². The Morgan fingerprint density at radius 1 is 1.24 bits per heavy atom. The first kappa shape index (κ1) is 23.1. The molecule has 0 spiro atoms. The molecule has 0 aromatic carbocycles. The van der Waals surface area contributed by atoms with Crippen molar-refractivity contribution in [2.24, 2.45) is 13.0 Å². The Balaban J connectivity index is 1.43. The minimum atomic E-state index is -3.21. The fourth-order valence-electron chi connectivity index (χ4n) is 4.43. The van der Waals surface area contributed by atoms with E-state index < -0.39 is 10.0 Å². The van der Waals surface area contributed by atoms with Crippen molar-refractivity contribution < 1.29 is 17.6 Å². The van der Waals surface area contributed by atoms with E-state index in [1.165, 1.54) is 23.4 Å². The van der Waals surface area contributed by atoms with Gasteiger partial charge in [0.05, 0.1) is 24.8 Å². The maximum absolute atomic E-state index is 12.9. The van der Waals surface area contributed by atoms with Crippen LogP contribution in [0.5, 0.6) is 5.88 Å². The Labute approximate surface area is 199 Å². The normalized spacial score (nSPS) is 20.1. The van der Waals surface area contributed by atoms with Gasteiger partial charge in [-0.15, -0.1) is 0 Å². The van der Waals surface area contributed by atoms with Crippen molar-refractivity contribution in [2.75, 3.05) is 32.5 Å². The van der Waals surface area contributed by atoms with Crippen LogP contribution >= 0.6 is 0 Å². The molecule has 3 aromatic rings. The minimum Gasteiger partial charge on any atom is -0.477 e. The van der Waals surface area contributed by atoms with Crippen LogP contribution in [0, 0.1) is 5.92 Å². The van der Waals surface area contributed by atoms with E-state index in [4.69, 9.17) is 9.15 Å². The van der Waals surface area contributed by atoms with Crippen LogP contribution in [0.4, 0.5) is 0 Å². The molecular weight excluding hydrogens is 456 g/mol. The van der Waals surface area contributed by atoms with E-state index >= 15 is 0 Å². The molecule has 34 heavy (non-hydrogen) atoms. The third kappa shape index (κ3) is 4.75. The van der Waals surface area contributed by atoms with Crippen LogP contribution in [-0.4, -0.2) is 65.7 Å². The number of fused-ring (bicyclic) bond motifs is 1. The van der Waals surface area contributed by atoms with Crippen LogP contribution in [0.1, 0.15) is 25.5 Å². The number of hydrogen-bond acceptors (Lipinski definition) is 7. The van der Waals surface area contributed by atoms with E-state index in [0.29, 0.717) is 61.3 Å². The van der Waals surface area contributed by atoms with Crippen LogP contribution < -0.4 is 10.3 Å². The number of rotatable bonds is 7. The highest BCUT2D eigenvalue weighted by atomic mass is 32.2. The highest BCUT2D eigenvalue weighted by Gasteiger charge is 2.29. The summed E-state index contributed by atoms with van der Waals surface area (Å²) < 4.78 is 38.9. The number of nitrogens with zero attached hydrogens (tertiary/aromatic N) is 4. The summed E-state index contributed by atoms with van der Waals surface area (Å²) in [5, 5.41) is 0.523. The standard InChI is InChI=1S/C24H30N4O5S/c1-16-12-28(34(3,30)31)9-8-27(16)13-19-11-20-23(33-19)21(14-26(2)24(20)29)18-6-7-25-22(10-18)32-15-17-4-5-17/h6-7,10-11,14,16-17H,4-5,8-9,12-13,15H2,1-3H3/t16-/m1/s1. The molecule has 9 nitrogen and oxygen atoms in total. The molecule has 5 rings (SSSR count). The fourth-order valence-corrected chi connectivity index (χ4v) is 5.33. The summed E-state index contributed by atoms with van der Waals surface area (Å²) in [7, 11) is -1.48. The molecule has 0 radical (unpaired) electrons. The first-order chi connectivity index (χ1) is 16.2. The lowest BCUT2D eigenvalue weighted by Gasteiger charge is -2.38. The van der Waals surface area contributed by atoms with Crippen molar-refractivity contribution in [1.29, 1.82) is 0 Å². The van der Waals surface area contributed by atoms with Gasteiger partial charge in [0.15, 0.2) is 0 Å². The number of pyridine rings is 2. The molecule has 0 N–H and O–H groups in total. The summed E-state index contributed by atoms with van der Waals surface area (Å²) in [6.07, 6.45) is 7.15. The van der Waals surface area contributed by atoms with Crippen molar-refractivity contribution in [1.82, 2.24) is 18.8 Å². The van der Waals surface area contributed by atoms with Crippen molar-refractivity contribution in [3.63, 3.8) is 0 Å². The zero-order valence-corrected chi connectivity index (χ0v) is 20.5. The maximum Gasteiger partial charge on any atom is 0.261 e. The summed E-state index contributed by atoms with van der Waals surface area (Å²) in [5.41, 5.74) is 2.09. The molecule has 4 heterocycles. The summed E-state index contributed by atoms with van der Waals surface area (Å²) in [5.74, 6) is 1.87. The first-order valence-electron chi connectivity index (χ1n) is 11.6. The first-order valence-corrected chi connectivity index (χ1v) is 13.4. The summed E-state index contributed by atoms with van der Waals surface area (Å²) >= 11 is 0. The van der Waals surface area contributed by atoms with Crippen LogP contribution in [0.15, 0.2) is 39.8 Å². The van der Waals surface area contributed by atoms with Gasteiger partial charge >= 0.3 is 0 Å². The smallest absolute Gasteiger partial charge is 0.261 e. The quantitative estimate of drug-likeness (QED) is 0.506. The van der Waals surface area contributed by atoms with Gasteiger partial charge < -0.3 is 13.7 Å². The number of sulfonamides is 1. The van der Waals surface area contributed by atoms with E-state index in [9.17, 15) is 13.2 Å². The molecular formula is C24H30N4O5S. The molecule has 2 aliphatic rings. The van der Waals surface area contributed by atoms with E-state index in [1.807, 2.05) is 25.1 Å². The molecule has 1 aliphatic carbocycles. The lowest BCUT2D eigenvalue weighted by Crippen LogP contribution is -2.52. The predicted octanol–water partition coefficient (Wildman–Crippen LogP) is 2.45. The highest BCUT2D eigenvalue weighted by molar-refractivity contribution is 7.88. The van der Waals surface area contributed by atoms with Crippen molar-refractivity contribution in [3.8, 4) is 17.0 Å². The number of piperazine rings is 1. The Morgan fingerprint density at radius 2 is 2.03 bits per heavy atom. The zero-order valence-electron chi connectivity index (χ0n) is 19.7. The lowest BCUT2D eigenvalue weighted by molar-refractivity contribution is 0.115. The van der Waals surface area contributed by atoms with E-state index in [-0.39, 0.29) is 11.6 Å². The molecule has 1 saturated heterocycles. The van der Waals surface area contributed by atoms with Gasteiger partial charge in [0.25, 0.3) is 5.56 Å². The number of aromatic nitrogens is 2. The second kappa shape index (κ2) is 8.83. The molecule has 10 heteroatoms. The van der Waals surface area contributed by atoms with Gasteiger partial charge in [0.1, 0.15) is 11.3 Å². The predicted molar refractivity (Wildman–Crippen MR) is 129 cm³/mol. The number of ether oxygens (including phenoxy) is 1. The fraction of sp³-hybridized carbons (Fsp3) is 0.500. The van der Waals surface area contributed by atoms with Gasteiger partial charge in [-0.05, 0) is 43.4 Å². The topological polar surface area (TPSA) is 97.9 Å². The van der Waals surface area contributed by atoms with Gasteiger partial charge in [-0.1, -0.05) is 0 Å². The van der Waals surface area contributed by atoms with E-state index in [0.717, 1.165) is 11.1 Å². The third-order valence-corrected chi connectivity index (χ3v) is 7.94. The van der Waals surface area contributed by atoms with Crippen LogP contribution in [0.25, 0.3) is 22.1 Å². The Morgan fingerprint density at radius 3 is 2.74 bits per heavy atom. The SMILES string of the molecule is C[C@@H]1CN(S(C)(=O)=O)CCN1Cc1cc2c(=O)n(C)cc(-c3ccnc(OCC4CC4)c3)c2o1. The third-order valence-electron chi connectivity index (χ3n) is 6.67. The molecule has 0 amide bonds. The second-order valence-electron chi connectivity index (χ2n) is 9.49. The van der Waals surface area contributed by atoms with Crippen molar-refractivity contribution >= 4 is 21.0 Å². The van der Waals surface area contributed by atoms with E-state index in [2.05, 4.69) is 9.88 Å². The molecule has 1 saturated carbocycles. The minimum absolute atomic E-state index is 0.0327. The summed E-state index contributed by atoms with van der Waals surface area (Å²) in [6, 6.07) is 5.61. The van der Waals surface area contributed by atoms with Crippen LogP contribution in [0.2, 0.25) is 0 Å². The molecule has 0 unspecified atom stereocenters. The number of aryl methyl sites for hydroxylation is 1. The van der Waals surface area contributed by atoms with Crippen LogP contribution in [-0.2, 0) is 23.6 Å².